The third kappa shape index (κ3) is 3.31. The highest BCUT2D eigenvalue weighted by atomic mass is 19.1. The van der Waals surface area contributed by atoms with Crippen LogP contribution in [0.3, 0.4) is 0 Å². The van der Waals surface area contributed by atoms with Crippen LogP contribution in [0, 0.1) is 0 Å². The summed E-state index contributed by atoms with van der Waals surface area (Å²) in [6.07, 6.45) is 8.98. The zero-order chi connectivity index (χ0) is 18.0. The van der Waals surface area contributed by atoms with Gasteiger partial charge in [0, 0.05) is 24.6 Å². The molecule has 7 heteroatoms. The average molecular weight is 342 g/mol. The van der Waals surface area contributed by atoms with Crippen LogP contribution in [0.1, 0.15) is 25.6 Å². The Morgan fingerprint density at radius 3 is 3.00 bits per heavy atom. The number of halogens is 1. The normalized spacial score (nSPS) is 20.9. The van der Waals surface area contributed by atoms with E-state index in [1.54, 1.807) is 41.1 Å². The molecule has 0 amide bonds. The van der Waals surface area contributed by atoms with E-state index in [4.69, 9.17) is 0 Å². The van der Waals surface area contributed by atoms with E-state index in [1.165, 1.54) is 12.3 Å². The van der Waals surface area contributed by atoms with Gasteiger partial charge in [0.25, 0.3) is 0 Å². The molecule has 0 aliphatic carbocycles. The maximum Gasteiger partial charge on any atom is 0.326 e. The lowest BCUT2D eigenvalue weighted by atomic mass is 10.2. The molecule has 25 heavy (non-hydrogen) atoms. The van der Waals surface area contributed by atoms with Crippen molar-refractivity contribution in [3.8, 4) is 0 Å². The summed E-state index contributed by atoms with van der Waals surface area (Å²) in [6, 6.07) is 1.11. The van der Waals surface area contributed by atoms with Crippen LogP contribution in [0.25, 0.3) is 5.70 Å². The fraction of sp³-hybridized carbons (Fsp3) is 0.278. The first-order valence-corrected chi connectivity index (χ1v) is 8.04. The standard InChI is InChI=1S/C18H19FN4O2/c1-3-14(23-11-13(19)7-6-12(23)2)17-20-9-8-16(21-17)22-10-4-5-15(22)18(24)25/h3,6-9,11,15H,2,4-5,10H2,1H3,(H,24,25)/b14-3-. The molecule has 2 aliphatic rings. The van der Waals surface area contributed by atoms with Crippen molar-refractivity contribution in [3.63, 3.8) is 0 Å². The van der Waals surface area contributed by atoms with E-state index < -0.39 is 17.8 Å². The second kappa shape index (κ2) is 6.88. The number of aromatic nitrogens is 2. The average Bonchev–Trinajstić information content (AvgIpc) is 3.09. The van der Waals surface area contributed by atoms with E-state index in [0.29, 0.717) is 36.0 Å². The van der Waals surface area contributed by atoms with Crippen LogP contribution in [0.15, 0.2) is 54.8 Å². The summed E-state index contributed by atoms with van der Waals surface area (Å²) in [4.78, 5) is 23.5. The number of rotatable bonds is 4. The van der Waals surface area contributed by atoms with Crippen molar-refractivity contribution in [2.24, 2.45) is 0 Å². The molecular weight excluding hydrogens is 323 g/mol. The Bertz CT molecular complexity index is 800. The lowest BCUT2D eigenvalue weighted by molar-refractivity contribution is -0.138. The largest absolute Gasteiger partial charge is 0.480 e. The molecule has 1 saturated heterocycles. The number of allylic oxidation sites excluding steroid dienone is 4. The highest BCUT2D eigenvalue weighted by Gasteiger charge is 2.31. The minimum absolute atomic E-state index is 0.386. The van der Waals surface area contributed by atoms with Crippen molar-refractivity contribution >= 4 is 17.5 Å². The lowest BCUT2D eigenvalue weighted by Crippen LogP contribution is -2.36. The van der Waals surface area contributed by atoms with Crippen molar-refractivity contribution < 1.29 is 14.3 Å². The quantitative estimate of drug-likeness (QED) is 0.907. The number of carboxylic acids is 1. The van der Waals surface area contributed by atoms with Gasteiger partial charge in [-0.05, 0) is 38.0 Å². The van der Waals surface area contributed by atoms with Crippen molar-refractivity contribution in [2.45, 2.75) is 25.8 Å². The summed E-state index contributed by atoms with van der Waals surface area (Å²) in [5.74, 6) is -0.315. The molecule has 1 N–H and O–H groups in total. The Balaban J connectivity index is 1.94. The van der Waals surface area contributed by atoms with Crippen LogP contribution in [-0.2, 0) is 4.79 Å². The van der Waals surface area contributed by atoms with Crippen molar-refractivity contribution in [2.75, 3.05) is 11.4 Å². The molecule has 3 heterocycles. The predicted octanol–water partition coefficient (Wildman–Crippen LogP) is 3.09. The molecule has 0 saturated carbocycles. The molecule has 3 rings (SSSR count). The van der Waals surface area contributed by atoms with Crippen LogP contribution in [0.2, 0.25) is 0 Å². The number of hydrogen-bond acceptors (Lipinski definition) is 5. The summed E-state index contributed by atoms with van der Waals surface area (Å²) < 4.78 is 13.6. The molecule has 6 nitrogen and oxygen atoms in total. The number of nitrogens with zero attached hydrogens (tertiary/aromatic N) is 4. The highest BCUT2D eigenvalue weighted by molar-refractivity contribution is 5.78. The maximum absolute atomic E-state index is 13.6. The predicted molar refractivity (Wildman–Crippen MR) is 93.0 cm³/mol. The van der Waals surface area contributed by atoms with Gasteiger partial charge in [-0.15, -0.1) is 0 Å². The Morgan fingerprint density at radius 1 is 1.48 bits per heavy atom. The number of carbonyl (C=O) groups is 1. The molecule has 2 aliphatic heterocycles. The van der Waals surface area contributed by atoms with Gasteiger partial charge in [0.1, 0.15) is 17.7 Å². The minimum Gasteiger partial charge on any atom is -0.480 e. The Hall–Kier alpha value is -2.96. The number of carboxylic acid groups (broad SMARTS) is 1. The Labute approximate surface area is 145 Å². The summed E-state index contributed by atoms with van der Waals surface area (Å²) in [5.41, 5.74) is 1.17. The summed E-state index contributed by atoms with van der Waals surface area (Å²) in [5, 5.41) is 9.36. The lowest BCUT2D eigenvalue weighted by Gasteiger charge is -2.26. The second-order valence-electron chi connectivity index (χ2n) is 5.81. The minimum atomic E-state index is -0.858. The third-order valence-corrected chi connectivity index (χ3v) is 4.23. The third-order valence-electron chi connectivity index (χ3n) is 4.23. The van der Waals surface area contributed by atoms with Crippen LogP contribution >= 0.6 is 0 Å². The van der Waals surface area contributed by atoms with Crippen LogP contribution in [0.5, 0.6) is 0 Å². The van der Waals surface area contributed by atoms with Gasteiger partial charge < -0.3 is 14.9 Å². The zero-order valence-electron chi connectivity index (χ0n) is 13.9. The fourth-order valence-electron chi connectivity index (χ4n) is 3.04. The Kier molecular flexibility index (Phi) is 4.65. The van der Waals surface area contributed by atoms with E-state index in [0.717, 1.165) is 6.42 Å². The summed E-state index contributed by atoms with van der Waals surface area (Å²) in [6.45, 7) is 6.34. The number of anilines is 1. The van der Waals surface area contributed by atoms with Crippen LogP contribution < -0.4 is 4.90 Å². The maximum atomic E-state index is 13.6. The first kappa shape index (κ1) is 16.9. The summed E-state index contributed by atoms with van der Waals surface area (Å²) in [7, 11) is 0. The van der Waals surface area contributed by atoms with Crippen molar-refractivity contribution in [1.29, 1.82) is 0 Å². The smallest absolute Gasteiger partial charge is 0.326 e. The number of aliphatic carboxylic acids is 1. The summed E-state index contributed by atoms with van der Waals surface area (Å²) >= 11 is 0. The van der Waals surface area contributed by atoms with E-state index in [2.05, 4.69) is 16.5 Å². The van der Waals surface area contributed by atoms with Gasteiger partial charge in [0.15, 0.2) is 5.82 Å². The van der Waals surface area contributed by atoms with E-state index in [-0.39, 0.29) is 0 Å². The molecule has 130 valence electrons. The van der Waals surface area contributed by atoms with E-state index >= 15 is 0 Å². The van der Waals surface area contributed by atoms with E-state index in [1.807, 2.05) is 0 Å². The molecule has 1 aromatic heterocycles. The topological polar surface area (TPSA) is 69.6 Å². The van der Waals surface area contributed by atoms with E-state index in [9.17, 15) is 14.3 Å². The first-order valence-electron chi connectivity index (χ1n) is 8.04. The van der Waals surface area contributed by atoms with Crippen LogP contribution in [0.4, 0.5) is 10.2 Å². The monoisotopic (exact) mass is 342 g/mol. The molecule has 0 bridgehead atoms. The second-order valence-corrected chi connectivity index (χ2v) is 5.81. The molecule has 1 fully saturated rings. The zero-order valence-corrected chi connectivity index (χ0v) is 13.9. The number of hydrogen-bond donors (Lipinski definition) is 1. The molecular formula is C18H19FN4O2. The van der Waals surface area contributed by atoms with Gasteiger partial charge in [0.2, 0.25) is 0 Å². The SMILES string of the molecule is C=C1C=CC(F)=CN1/C(=C\C)c1nccc(N2CCCC2C(=O)O)n1. The van der Waals surface area contributed by atoms with Crippen LogP contribution in [-0.4, -0.2) is 38.5 Å². The molecule has 1 unspecified atom stereocenters. The Morgan fingerprint density at radius 2 is 2.28 bits per heavy atom. The van der Waals surface area contributed by atoms with Gasteiger partial charge in [-0.25, -0.2) is 19.2 Å². The fourth-order valence-corrected chi connectivity index (χ4v) is 3.04. The van der Waals surface area contributed by atoms with Crippen molar-refractivity contribution in [3.05, 3.63) is 60.6 Å². The molecule has 0 aromatic carbocycles. The van der Waals surface area contributed by atoms with Gasteiger partial charge in [-0.3, -0.25) is 0 Å². The van der Waals surface area contributed by atoms with Crippen molar-refractivity contribution in [1.82, 2.24) is 14.9 Å². The molecule has 0 spiro atoms. The van der Waals surface area contributed by atoms with Gasteiger partial charge in [0.05, 0.1) is 5.70 Å². The highest BCUT2D eigenvalue weighted by Crippen LogP contribution is 2.29. The molecule has 1 aromatic rings. The first-order chi connectivity index (χ1) is 12.0. The van der Waals surface area contributed by atoms with Gasteiger partial charge in [-0.1, -0.05) is 12.7 Å². The molecule has 1 atom stereocenters. The van der Waals surface area contributed by atoms with Gasteiger partial charge in [-0.2, -0.15) is 0 Å². The molecule has 0 radical (unpaired) electrons. The van der Waals surface area contributed by atoms with Gasteiger partial charge >= 0.3 is 5.97 Å².